The quantitative estimate of drug-likeness (QED) is 0.759. The molecular formula is C17H22ClNO4S. The van der Waals surface area contributed by atoms with Crippen LogP contribution in [0.3, 0.4) is 0 Å². The topological polar surface area (TPSA) is 63.7 Å². The van der Waals surface area contributed by atoms with Crippen molar-refractivity contribution in [3.63, 3.8) is 0 Å². The van der Waals surface area contributed by atoms with Crippen LogP contribution < -0.4 is 0 Å². The second-order valence-corrected chi connectivity index (χ2v) is 9.57. The van der Waals surface area contributed by atoms with Gasteiger partial charge in [-0.3, -0.25) is 0 Å². The molecule has 1 saturated carbocycles. The number of amides is 1. The van der Waals surface area contributed by atoms with E-state index in [2.05, 4.69) is 0 Å². The monoisotopic (exact) mass is 371 g/mol. The van der Waals surface area contributed by atoms with E-state index in [1.54, 1.807) is 4.90 Å². The second-order valence-electron chi connectivity index (χ2n) is 6.79. The summed E-state index contributed by atoms with van der Waals surface area (Å²) in [5.74, 6) is -0.0608. The smallest absolute Gasteiger partial charge is 0.410 e. The molecule has 2 aliphatic rings. The Bertz CT molecular complexity index is 694. The summed E-state index contributed by atoms with van der Waals surface area (Å²) in [5, 5.41) is 0. The molecule has 132 valence electrons. The van der Waals surface area contributed by atoms with Crippen molar-refractivity contribution in [1.29, 1.82) is 0 Å². The van der Waals surface area contributed by atoms with Crippen molar-refractivity contribution in [1.82, 2.24) is 4.90 Å². The van der Waals surface area contributed by atoms with Gasteiger partial charge in [-0.25, -0.2) is 13.2 Å². The Morgan fingerprint density at radius 2 is 2.00 bits per heavy atom. The van der Waals surface area contributed by atoms with E-state index in [0.717, 1.165) is 31.2 Å². The normalized spacial score (nSPS) is 26.9. The number of carbonyl (C=O) groups is 1. The van der Waals surface area contributed by atoms with Gasteiger partial charge >= 0.3 is 6.09 Å². The maximum Gasteiger partial charge on any atom is 0.410 e. The predicted octanol–water partition coefficient (Wildman–Crippen LogP) is 3.53. The van der Waals surface area contributed by atoms with Gasteiger partial charge in [0.1, 0.15) is 6.61 Å². The van der Waals surface area contributed by atoms with Crippen molar-refractivity contribution >= 4 is 25.8 Å². The first-order valence-corrected chi connectivity index (χ1v) is 10.8. The third kappa shape index (κ3) is 3.86. The molecule has 24 heavy (non-hydrogen) atoms. The fraction of sp³-hybridized carbons (Fsp3) is 0.588. The number of nitrogens with zero attached hydrogens (tertiary/aromatic N) is 1. The van der Waals surface area contributed by atoms with Crippen LogP contribution in [0.15, 0.2) is 30.3 Å². The van der Waals surface area contributed by atoms with Gasteiger partial charge < -0.3 is 9.64 Å². The van der Waals surface area contributed by atoms with Crippen LogP contribution in [-0.4, -0.2) is 37.8 Å². The van der Waals surface area contributed by atoms with Gasteiger partial charge in [-0.15, -0.1) is 0 Å². The zero-order chi connectivity index (χ0) is 17.2. The summed E-state index contributed by atoms with van der Waals surface area (Å²) in [7, 11) is 1.94. The lowest BCUT2D eigenvalue weighted by Crippen LogP contribution is -2.47. The molecule has 5 nitrogen and oxygen atoms in total. The van der Waals surface area contributed by atoms with E-state index >= 15 is 0 Å². The molecular weight excluding hydrogens is 350 g/mol. The molecule has 2 fully saturated rings. The van der Waals surface area contributed by atoms with Gasteiger partial charge in [0.05, 0.1) is 5.75 Å². The van der Waals surface area contributed by atoms with E-state index < -0.39 is 14.5 Å². The standard InChI is InChI=1S/C17H22ClNO4S/c18-24(21,22)13-17-9-5-4-8-15(17)19(11-10-17)16(20)23-12-14-6-2-1-3-7-14/h1-3,6-7,15H,4-5,8-13H2. The number of benzene rings is 1. The summed E-state index contributed by atoms with van der Waals surface area (Å²) in [4.78, 5) is 14.2. The van der Waals surface area contributed by atoms with Gasteiger partial charge in [-0.2, -0.15) is 0 Å². The molecule has 1 aliphatic heterocycles. The average molecular weight is 372 g/mol. The minimum absolute atomic E-state index is 0.0608. The molecule has 1 aliphatic carbocycles. The summed E-state index contributed by atoms with van der Waals surface area (Å²) in [6, 6.07) is 9.43. The Balaban J connectivity index is 1.69. The van der Waals surface area contributed by atoms with E-state index in [1.165, 1.54) is 0 Å². The summed E-state index contributed by atoms with van der Waals surface area (Å²) >= 11 is 0. The molecule has 1 heterocycles. The molecule has 7 heteroatoms. The van der Waals surface area contributed by atoms with Gasteiger partial charge in [0, 0.05) is 28.7 Å². The predicted molar refractivity (Wildman–Crippen MR) is 92.3 cm³/mol. The van der Waals surface area contributed by atoms with Crippen LogP contribution in [0.2, 0.25) is 0 Å². The lowest BCUT2D eigenvalue weighted by Gasteiger charge is -2.40. The molecule has 1 amide bonds. The molecule has 2 unspecified atom stereocenters. The van der Waals surface area contributed by atoms with Gasteiger partial charge in [-0.05, 0) is 24.8 Å². The molecule has 1 aromatic rings. The number of ether oxygens (including phenoxy) is 1. The third-order valence-electron chi connectivity index (χ3n) is 5.24. The molecule has 0 bridgehead atoms. The van der Waals surface area contributed by atoms with Crippen molar-refractivity contribution in [2.24, 2.45) is 5.41 Å². The van der Waals surface area contributed by atoms with E-state index in [1.807, 2.05) is 30.3 Å². The minimum Gasteiger partial charge on any atom is -0.445 e. The first-order chi connectivity index (χ1) is 11.4. The highest BCUT2D eigenvalue weighted by Crippen LogP contribution is 2.48. The Morgan fingerprint density at radius 3 is 2.71 bits per heavy atom. The highest BCUT2D eigenvalue weighted by atomic mass is 35.7. The van der Waals surface area contributed by atoms with Crippen LogP contribution >= 0.6 is 10.7 Å². The van der Waals surface area contributed by atoms with E-state index in [0.29, 0.717) is 13.0 Å². The largest absolute Gasteiger partial charge is 0.445 e. The van der Waals surface area contributed by atoms with Crippen LogP contribution in [-0.2, 0) is 20.4 Å². The zero-order valence-corrected chi connectivity index (χ0v) is 15.1. The Hall–Kier alpha value is -1.27. The Kier molecular flexibility index (Phi) is 5.06. The summed E-state index contributed by atoms with van der Waals surface area (Å²) in [6.07, 6.45) is 3.90. The maximum absolute atomic E-state index is 12.5. The van der Waals surface area contributed by atoms with Crippen LogP contribution in [0.25, 0.3) is 0 Å². The lowest BCUT2D eigenvalue weighted by molar-refractivity contribution is 0.0674. The molecule has 0 N–H and O–H groups in total. The first kappa shape index (κ1) is 17.5. The highest BCUT2D eigenvalue weighted by molar-refractivity contribution is 8.13. The molecule has 1 aromatic carbocycles. The van der Waals surface area contributed by atoms with Crippen molar-refractivity contribution < 1.29 is 17.9 Å². The van der Waals surface area contributed by atoms with Crippen molar-refractivity contribution in [2.75, 3.05) is 12.3 Å². The average Bonchev–Trinajstić information content (AvgIpc) is 2.90. The Morgan fingerprint density at radius 1 is 1.25 bits per heavy atom. The highest BCUT2D eigenvalue weighted by Gasteiger charge is 2.52. The molecule has 0 radical (unpaired) electrons. The fourth-order valence-electron chi connectivity index (χ4n) is 4.17. The van der Waals surface area contributed by atoms with Gasteiger partial charge in [0.15, 0.2) is 0 Å². The number of likely N-dealkylation sites (tertiary alicyclic amines) is 1. The van der Waals surface area contributed by atoms with Crippen molar-refractivity contribution in [2.45, 2.75) is 44.8 Å². The summed E-state index contributed by atoms with van der Waals surface area (Å²) in [5.41, 5.74) is 0.521. The first-order valence-electron chi connectivity index (χ1n) is 8.29. The SMILES string of the molecule is O=C(OCc1ccccc1)N1CCC2(CS(=O)(=O)Cl)CCCCC12. The maximum atomic E-state index is 12.5. The molecule has 3 rings (SSSR count). The zero-order valence-electron chi connectivity index (χ0n) is 13.5. The molecule has 0 spiro atoms. The summed E-state index contributed by atoms with van der Waals surface area (Å²) < 4.78 is 28.8. The van der Waals surface area contributed by atoms with E-state index in [4.69, 9.17) is 15.4 Å². The number of halogens is 1. The number of hydrogen-bond acceptors (Lipinski definition) is 4. The van der Waals surface area contributed by atoms with Crippen molar-refractivity contribution in [3.8, 4) is 0 Å². The van der Waals surface area contributed by atoms with Gasteiger partial charge in [0.2, 0.25) is 9.05 Å². The number of carbonyl (C=O) groups excluding carboxylic acids is 1. The third-order valence-corrected chi connectivity index (χ3v) is 6.48. The van der Waals surface area contributed by atoms with E-state index in [-0.39, 0.29) is 24.5 Å². The Labute approximate surface area is 147 Å². The number of rotatable bonds is 4. The molecule has 2 atom stereocenters. The van der Waals surface area contributed by atoms with Crippen LogP contribution in [0.4, 0.5) is 4.79 Å². The van der Waals surface area contributed by atoms with Crippen molar-refractivity contribution in [3.05, 3.63) is 35.9 Å². The summed E-state index contributed by atoms with van der Waals surface area (Å²) in [6.45, 7) is 0.758. The van der Waals surface area contributed by atoms with Crippen LogP contribution in [0.1, 0.15) is 37.7 Å². The molecule has 1 saturated heterocycles. The van der Waals surface area contributed by atoms with Crippen LogP contribution in [0.5, 0.6) is 0 Å². The number of fused-ring (bicyclic) bond motifs is 1. The second kappa shape index (κ2) is 6.92. The molecule has 0 aromatic heterocycles. The van der Waals surface area contributed by atoms with E-state index in [9.17, 15) is 13.2 Å². The van der Waals surface area contributed by atoms with Gasteiger partial charge in [0.25, 0.3) is 0 Å². The van der Waals surface area contributed by atoms with Crippen LogP contribution in [0, 0.1) is 5.41 Å². The number of hydrogen-bond donors (Lipinski definition) is 0. The fourth-order valence-corrected chi connectivity index (χ4v) is 5.99. The van der Waals surface area contributed by atoms with Gasteiger partial charge in [-0.1, -0.05) is 43.2 Å². The lowest BCUT2D eigenvalue weighted by atomic mass is 9.72. The minimum atomic E-state index is -3.60.